The third kappa shape index (κ3) is 4.52. The van der Waals surface area contributed by atoms with Gasteiger partial charge in [-0.2, -0.15) is 0 Å². The van der Waals surface area contributed by atoms with Crippen molar-refractivity contribution in [1.29, 1.82) is 0 Å². The summed E-state index contributed by atoms with van der Waals surface area (Å²) < 4.78 is 4.67. The Kier molecular flexibility index (Phi) is 6.56. The summed E-state index contributed by atoms with van der Waals surface area (Å²) in [6, 6.07) is 64.8. The number of hydrogen-bond acceptors (Lipinski definition) is 3. The molecule has 4 heterocycles. The van der Waals surface area contributed by atoms with Crippen LogP contribution in [-0.4, -0.2) is 24.1 Å². The summed E-state index contributed by atoms with van der Waals surface area (Å²) >= 11 is 0. The second-order valence-corrected chi connectivity index (χ2v) is 14.4. The van der Waals surface area contributed by atoms with Gasteiger partial charge in [0.05, 0.1) is 39.0 Å². The van der Waals surface area contributed by atoms with E-state index in [0.29, 0.717) is 5.95 Å². The lowest BCUT2D eigenvalue weighted by Gasteiger charge is -2.13. The Morgan fingerprint density at radius 3 is 1.71 bits per heavy atom. The van der Waals surface area contributed by atoms with Crippen LogP contribution in [0.3, 0.4) is 0 Å². The Bertz CT molecular complexity index is 3520. The first-order chi connectivity index (χ1) is 27.8. The van der Waals surface area contributed by atoms with Crippen LogP contribution >= 0.6 is 0 Å². The molecular formula is C51H31N5. The summed E-state index contributed by atoms with van der Waals surface area (Å²) in [5, 5.41) is 10.8. The van der Waals surface area contributed by atoms with Crippen molar-refractivity contribution < 1.29 is 0 Å². The van der Waals surface area contributed by atoms with Gasteiger partial charge in [0.2, 0.25) is 5.95 Å². The van der Waals surface area contributed by atoms with Crippen LogP contribution in [0.25, 0.3) is 110 Å². The fraction of sp³-hybridized carbons (Fsp3) is 0. The number of hydrogen-bond donors (Lipinski definition) is 0. The summed E-state index contributed by atoms with van der Waals surface area (Å²) in [5.41, 5.74) is 10.4. The molecule has 56 heavy (non-hydrogen) atoms. The first-order valence-corrected chi connectivity index (χ1v) is 18.9. The molecule has 0 N–H and O–H groups in total. The molecular weight excluding hydrogens is 683 g/mol. The molecule has 0 saturated carbocycles. The van der Waals surface area contributed by atoms with E-state index in [9.17, 15) is 0 Å². The zero-order chi connectivity index (χ0) is 36.7. The van der Waals surface area contributed by atoms with Crippen LogP contribution in [0.2, 0.25) is 0 Å². The Hall–Kier alpha value is -7.63. The molecule has 0 bridgehead atoms. The second-order valence-electron chi connectivity index (χ2n) is 14.4. The largest absolute Gasteiger partial charge is 0.309 e. The van der Waals surface area contributed by atoms with Crippen LogP contribution in [-0.2, 0) is 0 Å². The predicted molar refractivity (Wildman–Crippen MR) is 232 cm³/mol. The summed E-state index contributed by atoms with van der Waals surface area (Å²) in [4.78, 5) is 15.2. The van der Waals surface area contributed by atoms with Crippen molar-refractivity contribution in [1.82, 2.24) is 24.1 Å². The smallest absolute Gasteiger partial charge is 0.235 e. The summed E-state index contributed by atoms with van der Waals surface area (Å²) in [7, 11) is 0. The third-order valence-corrected chi connectivity index (χ3v) is 11.4. The van der Waals surface area contributed by atoms with E-state index in [-0.39, 0.29) is 0 Å². The Balaban J connectivity index is 1.13. The molecule has 5 nitrogen and oxygen atoms in total. The lowest BCUT2D eigenvalue weighted by Crippen LogP contribution is -2.03. The minimum atomic E-state index is 0.638. The molecule has 0 saturated heterocycles. The maximum Gasteiger partial charge on any atom is 0.235 e. The van der Waals surface area contributed by atoms with Gasteiger partial charge in [0.15, 0.2) is 0 Å². The van der Waals surface area contributed by atoms with E-state index in [1.54, 1.807) is 0 Å². The zero-order valence-electron chi connectivity index (χ0n) is 30.1. The fourth-order valence-electron chi connectivity index (χ4n) is 8.87. The van der Waals surface area contributed by atoms with Gasteiger partial charge in [-0.1, -0.05) is 127 Å². The Morgan fingerprint density at radius 1 is 0.375 bits per heavy atom. The molecule has 0 aliphatic rings. The van der Waals surface area contributed by atoms with E-state index in [0.717, 1.165) is 55.5 Å². The first-order valence-electron chi connectivity index (χ1n) is 18.9. The highest BCUT2D eigenvalue weighted by molar-refractivity contribution is 6.23. The molecule has 0 unspecified atom stereocenters. The number of benzene rings is 8. The van der Waals surface area contributed by atoms with Gasteiger partial charge >= 0.3 is 0 Å². The summed E-state index contributed by atoms with van der Waals surface area (Å²) in [5.74, 6) is 0.638. The molecule has 0 fully saturated rings. The molecule has 8 aromatic carbocycles. The van der Waals surface area contributed by atoms with Crippen molar-refractivity contribution in [2.75, 3.05) is 0 Å². The molecule has 260 valence electrons. The van der Waals surface area contributed by atoms with Gasteiger partial charge in [-0.15, -0.1) is 0 Å². The van der Waals surface area contributed by atoms with Crippen molar-refractivity contribution in [3.8, 4) is 34.2 Å². The summed E-state index contributed by atoms with van der Waals surface area (Å²) in [6.45, 7) is 0. The molecule has 0 amide bonds. The molecule has 0 spiro atoms. The Labute approximate surface area is 321 Å². The highest BCUT2D eigenvalue weighted by Crippen LogP contribution is 2.41. The number of rotatable bonds is 4. The normalized spacial score (nSPS) is 11.9. The van der Waals surface area contributed by atoms with Gasteiger partial charge in [-0.3, -0.25) is 9.55 Å². The SMILES string of the molecule is c1ccc(-c2ccc(-c3nc(-n4c5ccc(-n6c7ccccc7c7c8ccccc8ccc76)cc5c5c6ccccc6ccc54)nc4ccccc34)cc2)nc1. The molecule has 12 rings (SSSR count). The van der Waals surface area contributed by atoms with Crippen molar-refractivity contribution in [2.45, 2.75) is 0 Å². The maximum atomic E-state index is 5.41. The number of nitrogens with zero attached hydrogens (tertiary/aromatic N) is 5. The topological polar surface area (TPSA) is 48.5 Å². The maximum absolute atomic E-state index is 5.41. The number of pyridine rings is 1. The van der Waals surface area contributed by atoms with E-state index >= 15 is 0 Å². The van der Waals surface area contributed by atoms with Crippen molar-refractivity contribution >= 4 is 76.1 Å². The molecule has 0 aliphatic carbocycles. The minimum Gasteiger partial charge on any atom is -0.309 e. The average Bonchev–Trinajstić information content (AvgIpc) is 3.79. The van der Waals surface area contributed by atoms with Gasteiger partial charge in [-0.05, 0) is 76.1 Å². The molecule has 0 radical (unpaired) electrons. The lowest BCUT2D eigenvalue weighted by molar-refractivity contribution is 1.01. The molecule has 0 aliphatic heterocycles. The number of fused-ring (bicyclic) bond motifs is 11. The van der Waals surface area contributed by atoms with E-state index in [1.165, 1.54) is 48.7 Å². The van der Waals surface area contributed by atoms with E-state index in [1.807, 2.05) is 30.5 Å². The highest BCUT2D eigenvalue weighted by atomic mass is 15.2. The zero-order valence-corrected chi connectivity index (χ0v) is 30.1. The van der Waals surface area contributed by atoms with Crippen LogP contribution in [0.15, 0.2) is 188 Å². The number of para-hydroxylation sites is 2. The molecule has 12 aromatic rings. The van der Waals surface area contributed by atoms with Gasteiger partial charge < -0.3 is 4.57 Å². The Morgan fingerprint density at radius 2 is 0.964 bits per heavy atom. The van der Waals surface area contributed by atoms with Crippen LogP contribution in [0.5, 0.6) is 0 Å². The van der Waals surface area contributed by atoms with E-state index in [4.69, 9.17) is 9.97 Å². The lowest BCUT2D eigenvalue weighted by atomic mass is 10.0. The van der Waals surface area contributed by atoms with Gasteiger partial charge in [-0.25, -0.2) is 9.97 Å². The monoisotopic (exact) mass is 713 g/mol. The second kappa shape index (κ2) is 11.9. The van der Waals surface area contributed by atoms with Crippen molar-refractivity contribution in [3.05, 3.63) is 188 Å². The summed E-state index contributed by atoms with van der Waals surface area (Å²) in [6.07, 6.45) is 1.83. The molecule has 4 aromatic heterocycles. The minimum absolute atomic E-state index is 0.638. The van der Waals surface area contributed by atoms with Gasteiger partial charge in [0.25, 0.3) is 0 Å². The highest BCUT2D eigenvalue weighted by Gasteiger charge is 2.21. The average molecular weight is 714 g/mol. The first kappa shape index (κ1) is 30.8. The fourth-order valence-corrected chi connectivity index (χ4v) is 8.87. The van der Waals surface area contributed by atoms with Crippen LogP contribution in [0, 0.1) is 0 Å². The van der Waals surface area contributed by atoms with Crippen LogP contribution in [0.4, 0.5) is 0 Å². The standard InChI is InChI=1S/C51H31N5/c1-3-13-37-32(11-1)24-27-46-48(37)40-16-6-8-19-44(40)55(46)36-26-29-45-41(31-36)49-38-14-4-2-12-33(38)25-28-47(49)56(45)51-53-43-18-7-5-15-39(43)50(54-51)35-22-20-34(21-23-35)42-17-9-10-30-52-42/h1-31H. The van der Waals surface area contributed by atoms with Crippen molar-refractivity contribution in [2.24, 2.45) is 0 Å². The molecule has 5 heteroatoms. The predicted octanol–water partition coefficient (Wildman–Crippen LogP) is 12.9. The van der Waals surface area contributed by atoms with Crippen molar-refractivity contribution in [3.63, 3.8) is 0 Å². The van der Waals surface area contributed by atoms with Crippen LogP contribution < -0.4 is 0 Å². The van der Waals surface area contributed by atoms with Gasteiger partial charge in [0, 0.05) is 49.9 Å². The third-order valence-electron chi connectivity index (χ3n) is 11.4. The van der Waals surface area contributed by atoms with E-state index in [2.05, 4.69) is 172 Å². The van der Waals surface area contributed by atoms with E-state index < -0.39 is 0 Å². The molecule has 0 atom stereocenters. The number of aromatic nitrogens is 5. The van der Waals surface area contributed by atoms with Gasteiger partial charge in [0.1, 0.15) is 0 Å². The van der Waals surface area contributed by atoms with Crippen LogP contribution in [0.1, 0.15) is 0 Å². The quantitative estimate of drug-likeness (QED) is 0.182.